The Labute approximate surface area is 114 Å². The van der Waals surface area contributed by atoms with Crippen LogP contribution in [0.1, 0.15) is 51.4 Å². The summed E-state index contributed by atoms with van der Waals surface area (Å²) in [6, 6.07) is 0. The first-order chi connectivity index (χ1) is 8.99. The summed E-state index contributed by atoms with van der Waals surface area (Å²) in [4.78, 5) is 12.2. The van der Waals surface area contributed by atoms with Gasteiger partial charge in [0.1, 0.15) is 5.25 Å². The van der Waals surface area contributed by atoms with E-state index in [1.54, 1.807) is 0 Å². The molecule has 2 rings (SSSR count). The highest BCUT2D eigenvalue weighted by atomic mass is 32.2. The SMILES string of the molecule is O=C(NC1(CO)CCCCC1)C1CCCCS1(=O)=O. The van der Waals surface area contributed by atoms with Crippen molar-refractivity contribution >= 4 is 15.7 Å². The third-order valence-corrected chi connectivity index (χ3v) is 6.55. The van der Waals surface area contributed by atoms with Crippen LogP contribution in [0.5, 0.6) is 0 Å². The number of rotatable bonds is 3. The number of nitrogens with one attached hydrogen (secondary N) is 1. The van der Waals surface area contributed by atoms with Crippen molar-refractivity contribution in [3.05, 3.63) is 0 Å². The van der Waals surface area contributed by atoms with Crippen LogP contribution in [0.2, 0.25) is 0 Å². The predicted molar refractivity (Wildman–Crippen MR) is 72.5 cm³/mol. The van der Waals surface area contributed by atoms with Gasteiger partial charge in [0.15, 0.2) is 9.84 Å². The zero-order chi connectivity index (χ0) is 13.9. The molecule has 1 atom stereocenters. The molecule has 1 saturated carbocycles. The monoisotopic (exact) mass is 289 g/mol. The molecule has 2 N–H and O–H groups in total. The van der Waals surface area contributed by atoms with Crippen LogP contribution in [0.25, 0.3) is 0 Å². The second-order valence-corrected chi connectivity index (χ2v) is 8.14. The van der Waals surface area contributed by atoms with E-state index < -0.39 is 26.5 Å². The Hall–Kier alpha value is -0.620. The van der Waals surface area contributed by atoms with Crippen LogP contribution in [0, 0.1) is 0 Å². The van der Waals surface area contributed by atoms with Gasteiger partial charge in [0, 0.05) is 0 Å². The lowest BCUT2D eigenvalue weighted by Crippen LogP contribution is -2.56. The summed E-state index contributed by atoms with van der Waals surface area (Å²) >= 11 is 0. The molecular weight excluding hydrogens is 266 g/mol. The summed E-state index contributed by atoms with van der Waals surface area (Å²) < 4.78 is 23.9. The Kier molecular flexibility index (Phi) is 4.50. The van der Waals surface area contributed by atoms with Crippen LogP contribution in [0.4, 0.5) is 0 Å². The standard InChI is InChI=1S/C13H23NO4S/c15-10-13(7-3-1-4-8-13)14-12(16)11-6-2-5-9-19(11,17)18/h11,15H,1-10H2,(H,14,16). The van der Waals surface area contributed by atoms with Gasteiger partial charge >= 0.3 is 0 Å². The first-order valence-corrected chi connectivity index (χ1v) is 8.85. The zero-order valence-electron chi connectivity index (χ0n) is 11.2. The van der Waals surface area contributed by atoms with Crippen molar-refractivity contribution < 1.29 is 18.3 Å². The van der Waals surface area contributed by atoms with Crippen LogP contribution in [-0.4, -0.2) is 42.6 Å². The van der Waals surface area contributed by atoms with Crippen molar-refractivity contribution in [2.24, 2.45) is 0 Å². The number of hydrogen-bond donors (Lipinski definition) is 2. The molecule has 6 heteroatoms. The topological polar surface area (TPSA) is 83.5 Å². The van der Waals surface area contributed by atoms with Gasteiger partial charge in [0.05, 0.1) is 17.9 Å². The van der Waals surface area contributed by atoms with Crippen LogP contribution in [0.3, 0.4) is 0 Å². The van der Waals surface area contributed by atoms with E-state index >= 15 is 0 Å². The van der Waals surface area contributed by atoms with Gasteiger partial charge in [-0.2, -0.15) is 0 Å². The lowest BCUT2D eigenvalue weighted by Gasteiger charge is -2.37. The molecule has 110 valence electrons. The van der Waals surface area contributed by atoms with Crippen molar-refractivity contribution in [3.63, 3.8) is 0 Å². The van der Waals surface area contributed by atoms with Gasteiger partial charge in [-0.1, -0.05) is 25.7 Å². The normalized spacial score (nSPS) is 29.6. The van der Waals surface area contributed by atoms with Crippen LogP contribution in [0.15, 0.2) is 0 Å². The molecule has 0 aromatic heterocycles. The smallest absolute Gasteiger partial charge is 0.238 e. The summed E-state index contributed by atoms with van der Waals surface area (Å²) in [6.07, 6.45) is 6.37. The molecule has 2 fully saturated rings. The average Bonchev–Trinajstić information content (AvgIpc) is 2.39. The third-order valence-electron chi connectivity index (χ3n) is 4.37. The van der Waals surface area contributed by atoms with E-state index in [2.05, 4.69) is 5.32 Å². The largest absolute Gasteiger partial charge is 0.394 e. The first-order valence-electron chi connectivity index (χ1n) is 7.14. The molecule has 0 aromatic carbocycles. The molecule has 1 amide bonds. The molecule has 1 heterocycles. The lowest BCUT2D eigenvalue weighted by molar-refractivity contribution is -0.124. The van der Waals surface area contributed by atoms with E-state index in [4.69, 9.17) is 0 Å². The highest BCUT2D eigenvalue weighted by Crippen LogP contribution is 2.29. The second kappa shape index (κ2) is 5.79. The van der Waals surface area contributed by atoms with E-state index in [9.17, 15) is 18.3 Å². The maximum atomic E-state index is 12.2. The molecular formula is C13H23NO4S. The van der Waals surface area contributed by atoms with E-state index in [-0.39, 0.29) is 12.4 Å². The Balaban J connectivity index is 2.07. The summed E-state index contributed by atoms with van der Waals surface area (Å²) in [5.74, 6) is -0.298. The van der Waals surface area contributed by atoms with Gasteiger partial charge in [-0.15, -0.1) is 0 Å². The summed E-state index contributed by atoms with van der Waals surface area (Å²) in [6.45, 7) is -0.106. The predicted octanol–water partition coefficient (Wildman–Crippen LogP) is 0.765. The number of amides is 1. The maximum absolute atomic E-state index is 12.2. The van der Waals surface area contributed by atoms with Crippen molar-refractivity contribution in [2.45, 2.75) is 62.2 Å². The lowest BCUT2D eigenvalue weighted by atomic mass is 9.82. The molecule has 0 bridgehead atoms. The van der Waals surface area contributed by atoms with E-state index in [1.807, 2.05) is 0 Å². The Morgan fingerprint density at radius 3 is 2.42 bits per heavy atom. The molecule has 1 unspecified atom stereocenters. The average molecular weight is 289 g/mol. The van der Waals surface area contributed by atoms with Gasteiger partial charge in [0.25, 0.3) is 0 Å². The third kappa shape index (κ3) is 3.28. The Morgan fingerprint density at radius 1 is 1.16 bits per heavy atom. The highest BCUT2D eigenvalue weighted by molar-refractivity contribution is 7.92. The van der Waals surface area contributed by atoms with Gasteiger partial charge < -0.3 is 10.4 Å². The zero-order valence-corrected chi connectivity index (χ0v) is 12.0. The van der Waals surface area contributed by atoms with Gasteiger partial charge in [0.2, 0.25) is 5.91 Å². The van der Waals surface area contributed by atoms with Crippen molar-refractivity contribution in [3.8, 4) is 0 Å². The number of aliphatic hydroxyl groups excluding tert-OH is 1. The van der Waals surface area contributed by atoms with Gasteiger partial charge in [-0.25, -0.2) is 8.42 Å². The van der Waals surface area contributed by atoms with Gasteiger partial charge in [-0.05, 0) is 25.7 Å². The number of carbonyl (C=O) groups excluding carboxylic acids is 1. The van der Waals surface area contributed by atoms with Crippen LogP contribution in [-0.2, 0) is 14.6 Å². The van der Waals surface area contributed by atoms with Gasteiger partial charge in [-0.3, -0.25) is 4.79 Å². The molecule has 0 radical (unpaired) electrons. The minimum atomic E-state index is -3.30. The summed E-state index contributed by atoms with van der Waals surface area (Å²) in [5, 5.41) is 11.5. The maximum Gasteiger partial charge on any atom is 0.238 e. The number of sulfone groups is 1. The molecule has 2 aliphatic rings. The van der Waals surface area contributed by atoms with Crippen LogP contribution >= 0.6 is 0 Å². The van der Waals surface area contributed by atoms with E-state index in [0.29, 0.717) is 12.8 Å². The fourth-order valence-electron chi connectivity index (χ4n) is 3.14. The second-order valence-electron chi connectivity index (χ2n) is 5.84. The number of carbonyl (C=O) groups is 1. The molecule has 19 heavy (non-hydrogen) atoms. The van der Waals surface area contributed by atoms with Crippen molar-refractivity contribution in [1.29, 1.82) is 0 Å². The fraction of sp³-hybridized carbons (Fsp3) is 0.923. The number of aliphatic hydroxyl groups is 1. The minimum absolute atomic E-state index is 0.106. The van der Waals surface area contributed by atoms with Crippen molar-refractivity contribution in [1.82, 2.24) is 5.32 Å². The van der Waals surface area contributed by atoms with E-state index in [1.165, 1.54) is 0 Å². The van der Waals surface area contributed by atoms with Crippen LogP contribution < -0.4 is 5.32 Å². The van der Waals surface area contributed by atoms with E-state index in [0.717, 1.165) is 38.5 Å². The highest BCUT2D eigenvalue weighted by Gasteiger charge is 2.40. The molecule has 1 aliphatic heterocycles. The fourth-order valence-corrected chi connectivity index (χ4v) is 4.94. The molecule has 5 nitrogen and oxygen atoms in total. The Bertz CT molecular complexity index is 426. The minimum Gasteiger partial charge on any atom is -0.394 e. The molecule has 0 aromatic rings. The summed E-state index contributed by atoms with van der Waals surface area (Å²) in [5.41, 5.74) is -0.595. The quantitative estimate of drug-likeness (QED) is 0.803. The number of hydrogen-bond acceptors (Lipinski definition) is 4. The molecule has 1 saturated heterocycles. The summed E-state index contributed by atoms with van der Waals surface area (Å²) in [7, 11) is -3.30. The first kappa shape index (κ1) is 14.8. The molecule has 1 aliphatic carbocycles. The Morgan fingerprint density at radius 2 is 1.84 bits per heavy atom. The molecule has 0 spiro atoms. The van der Waals surface area contributed by atoms with Crippen molar-refractivity contribution in [2.75, 3.05) is 12.4 Å².